The predicted octanol–water partition coefficient (Wildman–Crippen LogP) is 2.70. The number of alkyl halides is 3. The van der Waals surface area contributed by atoms with Crippen LogP contribution in [0.15, 0.2) is 18.2 Å². The Labute approximate surface area is 116 Å². The van der Waals surface area contributed by atoms with Crippen molar-refractivity contribution in [1.82, 2.24) is 0 Å². The van der Waals surface area contributed by atoms with Crippen molar-refractivity contribution in [2.24, 2.45) is 0 Å². The number of rotatable bonds is 4. The lowest BCUT2D eigenvalue weighted by molar-refractivity contribution is -0.386. The normalized spacial score (nSPS) is 16.2. The average Bonchev–Trinajstić information content (AvgIpc) is 3.17. The van der Waals surface area contributed by atoms with E-state index in [0.717, 1.165) is 19.2 Å². The third-order valence-corrected chi connectivity index (χ3v) is 3.24. The fourth-order valence-electron chi connectivity index (χ4n) is 2.17. The summed E-state index contributed by atoms with van der Waals surface area (Å²) in [6, 6.07) is 2.70. The van der Waals surface area contributed by atoms with E-state index in [1.165, 1.54) is 0 Å². The lowest BCUT2D eigenvalue weighted by Gasteiger charge is -2.14. The van der Waals surface area contributed by atoms with Gasteiger partial charge in [-0.3, -0.25) is 14.9 Å². The van der Waals surface area contributed by atoms with Gasteiger partial charge in [-0.2, -0.15) is 0 Å². The van der Waals surface area contributed by atoms with Crippen molar-refractivity contribution < 1.29 is 32.4 Å². The summed E-state index contributed by atoms with van der Waals surface area (Å²) in [5.74, 6) is -1.35. The molecule has 0 saturated heterocycles. The molecule has 0 amide bonds. The van der Waals surface area contributed by atoms with Crippen molar-refractivity contribution in [3.8, 4) is 5.75 Å². The summed E-state index contributed by atoms with van der Waals surface area (Å²) in [5, 5.41) is 11.0. The first kappa shape index (κ1) is 15.1. The molecule has 0 aliphatic heterocycles. The van der Waals surface area contributed by atoms with Gasteiger partial charge in [-0.1, -0.05) is 0 Å². The first-order valence-electron chi connectivity index (χ1n) is 5.83. The molecular formula is C12H10F3NO5. The van der Waals surface area contributed by atoms with Gasteiger partial charge in [0.25, 0.3) is 5.69 Å². The molecule has 114 valence electrons. The molecule has 1 aliphatic carbocycles. The number of halogens is 3. The molecule has 1 saturated carbocycles. The quantitative estimate of drug-likeness (QED) is 0.485. The average molecular weight is 305 g/mol. The van der Waals surface area contributed by atoms with E-state index in [9.17, 15) is 28.1 Å². The van der Waals surface area contributed by atoms with Crippen LogP contribution in [-0.2, 0) is 14.9 Å². The highest BCUT2D eigenvalue weighted by Crippen LogP contribution is 2.52. The van der Waals surface area contributed by atoms with Crippen LogP contribution >= 0.6 is 0 Å². The number of methoxy groups -OCH3 is 1. The minimum absolute atomic E-state index is 0.0360. The highest BCUT2D eigenvalue weighted by atomic mass is 19.4. The number of nitro benzene ring substituents is 1. The van der Waals surface area contributed by atoms with Crippen LogP contribution in [0.1, 0.15) is 18.4 Å². The van der Waals surface area contributed by atoms with Crippen molar-refractivity contribution in [3.63, 3.8) is 0 Å². The summed E-state index contributed by atoms with van der Waals surface area (Å²) >= 11 is 0. The van der Waals surface area contributed by atoms with Crippen molar-refractivity contribution in [3.05, 3.63) is 33.9 Å². The fraction of sp³-hybridized carbons (Fsp3) is 0.417. The number of benzene rings is 1. The van der Waals surface area contributed by atoms with E-state index >= 15 is 0 Å². The van der Waals surface area contributed by atoms with Gasteiger partial charge in [0.2, 0.25) is 0 Å². The van der Waals surface area contributed by atoms with Gasteiger partial charge in [0.1, 0.15) is 5.75 Å². The first-order valence-corrected chi connectivity index (χ1v) is 5.83. The highest BCUT2D eigenvalue weighted by Gasteiger charge is 2.55. The summed E-state index contributed by atoms with van der Waals surface area (Å²) in [6.45, 7) is 0. The molecule has 2 rings (SSSR count). The van der Waals surface area contributed by atoms with E-state index in [0.29, 0.717) is 18.9 Å². The Hall–Kier alpha value is -2.32. The Balaban J connectivity index is 2.44. The molecule has 0 spiro atoms. The van der Waals surface area contributed by atoms with Crippen LogP contribution in [0.3, 0.4) is 0 Å². The van der Waals surface area contributed by atoms with E-state index < -0.39 is 34.1 Å². The first-order chi connectivity index (χ1) is 9.69. The van der Waals surface area contributed by atoms with Gasteiger partial charge < -0.3 is 9.47 Å². The monoisotopic (exact) mass is 305 g/mol. The van der Waals surface area contributed by atoms with Crippen LogP contribution in [0.5, 0.6) is 5.75 Å². The molecule has 0 heterocycles. The van der Waals surface area contributed by atoms with Gasteiger partial charge in [0.15, 0.2) is 0 Å². The molecule has 0 N–H and O–H groups in total. The van der Waals surface area contributed by atoms with Gasteiger partial charge in [-0.25, -0.2) is 0 Å². The summed E-state index contributed by atoms with van der Waals surface area (Å²) in [6.07, 6.45) is -4.25. The van der Waals surface area contributed by atoms with Gasteiger partial charge >= 0.3 is 12.3 Å². The predicted molar refractivity (Wildman–Crippen MR) is 62.7 cm³/mol. The van der Waals surface area contributed by atoms with Crippen LogP contribution in [0.4, 0.5) is 18.9 Å². The molecule has 1 aromatic rings. The zero-order chi connectivity index (χ0) is 15.8. The number of esters is 1. The molecule has 0 bridgehead atoms. The Bertz CT molecular complexity index is 595. The molecule has 6 nitrogen and oxygen atoms in total. The largest absolute Gasteiger partial charge is 0.573 e. The van der Waals surface area contributed by atoms with Crippen LogP contribution in [0, 0.1) is 10.1 Å². The number of hydrogen-bond donors (Lipinski definition) is 0. The summed E-state index contributed by atoms with van der Waals surface area (Å²) in [5.41, 5.74) is -1.71. The van der Waals surface area contributed by atoms with Gasteiger partial charge in [0, 0.05) is 5.56 Å². The van der Waals surface area contributed by atoms with Gasteiger partial charge in [0.05, 0.1) is 23.5 Å². The molecule has 0 radical (unpaired) electrons. The van der Waals surface area contributed by atoms with E-state index in [4.69, 9.17) is 0 Å². The SMILES string of the molecule is COC(=O)C1(c2ccc(OC(F)(F)F)cc2[N+](=O)[O-])CC1. The second-order valence-electron chi connectivity index (χ2n) is 4.56. The zero-order valence-electron chi connectivity index (χ0n) is 10.8. The lowest BCUT2D eigenvalue weighted by Crippen LogP contribution is -2.23. The van der Waals surface area contributed by atoms with E-state index in [1.54, 1.807) is 0 Å². The molecule has 0 aromatic heterocycles. The fourth-order valence-corrected chi connectivity index (χ4v) is 2.17. The maximum atomic E-state index is 12.1. The van der Waals surface area contributed by atoms with Gasteiger partial charge in [-0.05, 0) is 25.0 Å². The number of nitrogens with zero attached hydrogens (tertiary/aromatic N) is 1. The highest BCUT2D eigenvalue weighted by molar-refractivity contribution is 5.88. The third kappa shape index (κ3) is 2.91. The standard InChI is InChI=1S/C12H10F3NO5/c1-20-10(17)11(4-5-11)8-3-2-7(21-12(13,14)15)6-9(8)16(18)19/h2-3,6H,4-5H2,1H3. The van der Waals surface area contributed by atoms with E-state index in [-0.39, 0.29) is 5.56 Å². The molecule has 1 fully saturated rings. The topological polar surface area (TPSA) is 78.7 Å². The number of hydrogen-bond acceptors (Lipinski definition) is 5. The maximum absolute atomic E-state index is 12.1. The number of nitro groups is 1. The number of ether oxygens (including phenoxy) is 2. The number of carbonyl (C=O) groups is 1. The summed E-state index contributed by atoms with van der Waals surface area (Å²) in [7, 11) is 1.15. The molecule has 0 unspecified atom stereocenters. The minimum atomic E-state index is -4.95. The van der Waals surface area contributed by atoms with Crippen LogP contribution in [0.25, 0.3) is 0 Å². The Kier molecular flexibility index (Phi) is 3.52. The summed E-state index contributed by atoms with van der Waals surface area (Å²) < 4.78 is 44.7. The molecule has 1 aromatic carbocycles. The molecule has 1 aliphatic rings. The Morgan fingerprint density at radius 1 is 1.38 bits per heavy atom. The Morgan fingerprint density at radius 2 is 2.00 bits per heavy atom. The second-order valence-corrected chi connectivity index (χ2v) is 4.56. The van der Waals surface area contributed by atoms with Crippen molar-refractivity contribution in [2.75, 3.05) is 7.11 Å². The van der Waals surface area contributed by atoms with Crippen molar-refractivity contribution >= 4 is 11.7 Å². The minimum Gasteiger partial charge on any atom is -0.468 e. The lowest BCUT2D eigenvalue weighted by atomic mass is 9.94. The number of carbonyl (C=O) groups excluding carboxylic acids is 1. The van der Waals surface area contributed by atoms with Crippen molar-refractivity contribution in [2.45, 2.75) is 24.6 Å². The van der Waals surface area contributed by atoms with E-state index in [1.807, 2.05) is 0 Å². The molecule has 9 heteroatoms. The van der Waals surface area contributed by atoms with Crippen molar-refractivity contribution in [1.29, 1.82) is 0 Å². The smallest absolute Gasteiger partial charge is 0.468 e. The third-order valence-electron chi connectivity index (χ3n) is 3.24. The van der Waals surface area contributed by atoms with Crippen LogP contribution in [0.2, 0.25) is 0 Å². The maximum Gasteiger partial charge on any atom is 0.573 e. The van der Waals surface area contributed by atoms with E-state index in [2.05, 4.69) is 9.47 Å². The van der Waals surface area contributed by atoms with Gasteiger partial charge in [-0.15, -0.1) is 13.2 Å². The van der Waals surface area contributed by atoms with Crippen LogP contribution in [-0.4, -0.2) is 24.4 Å². The van der Waals surface area contributed by atoms with Crippen LogP contribution < -0.4 is 4.74 Å². The second kappa shape index (κ2) is 4.90. The molecule has 0 atom stereocenters. The summed E-state index contributed by atoms with van der Waals surface area (Å²) in [4.78, 5) is 21.9. The molecule has 21 heavy (non-hydrogen) atoms. The Morgan fingerprint density at radius 3 is 2.43 bits per heavy atom. The molecular weight excluding hydrogens is 295 g/mol. The zero-order valence-corrected chi connectivity index (χ0v) is 10.8.